The van der Waals surface area contributed by atoms with Crippen molar-refractivity contribution in [3.05, 3.63) is 53.2 Å². The number of imidazole rings is 1. The molecule has 0 radical (unpaired) electrons. The molecule has 0 amide bonds. The van der Waals surface area contributed by atoms with Gasteiger partial charge < -0.3 is 16.0 Å². The van der Waals surface area contributed by atoms with Crippen molar-refractivity contribution in [3.8, 4) is 11.4 Å². The van der Waals surface area contributed by atoms with Gasteiger partial charge in [-0.2, -0.15) is 11.3 Å². The fourth-order valence-corrected chi connectivity index (χ4v) is 4.94. The van der Waals surface area contributed by atoms with Gasteiger partial charge in [0.1, 0.15) is 0 Å². The monoisotopic (exact) mass is 448 g/mol. The molecule has 0 aromatic carbocycles. The second-order valence-corrected chi connectivity index (χ2v) is 9.13. The standard InChI is InChI=1S/C23H28N8S/c1-16-4-10-30(11-5-16)21-22-27-14-20(31(22)12-9-25-21)19-3-8-26-23(29-19)28-18(2-7-24)17-6-13-32-15-17/h3,6,8-9,12-16,18H,2,4-5,7,10-11,24H2,1H3,(H,26,28,29). The highest BCUT2D eigenvalue weighted by Gasteiger charge is 2.21. The number of nitrogens with one attached hydrogen (secondary N) is 1. The Hall–Kier alpha value is -3.04. The van der Waals surface area contributed by atoms with Crippen LogP contribution in [0.2, 0.25) is 0 Å². The van der Waals surface area contributed by atoms with Crippen LogP contribution in [0.3, 0.4) is 0 Å². The van der Waals surface area contributed by atoms with Crippen LogP contribution >= 0.6 is 11.3 Å². The molecule has 166 valence electrons. The molecule has 1 aliphatic rings. The lowest BCUT2D eigenvalue weighted by atomic mass is 9.99. The van der Waals surface area contributed by atoms with Crippen molar-refractivity contribution in [1.82, 2.24) is 24.3 Å². The minimum absolute atomic E-state index is 0.0842. The molecule has 0 saturated carbocycles. The molecule has 4 aromatic rings. The van der Waals surface area contributed by atoms with E-state index in [1.54, 1.807) is 17.5 Å². The maximum absolute atomic E-state index is 5.84. The Morgan fingerprint density at radius 2 is 2.06 bits per heavy atom. The molecule has 0 bridgehead atoms. The second-order valence-electron chi connectivity index (χ2n) is 8.35. The van der Waals surface area contributed by atoms with E-state index in [0.717, 1.165) is 48.3 Å². The van der Waals surface area contributed by atoms with Crippen LogP contribution in [0.25, 0.3) is 17.0 Å². The molecule has 8 nitrogen and oxygen atoms in total. The van der Waals surface area contributed by atoms with Crippen molar-refractivity contribution in [1.29, 1.82) is 0 Å². The number of aromatic nitrogens is 5. The number of piperidine rings is 1. The van der Waals surface area contributed by atoms with Crippen molar-refractivity contribution >= 4 is 28.8 Å². The largest absolute Gasteiger partial charge is 0.354 e. The third kappa shape index (κ3) is 4.18. The van der Waals surface area contributed by atoms with Gasteiger partial charge in [0.2, 0.25) is 5.95 Å². The zero-order chi connectivity index (χ0) is 21.9. The van der Waals surface area contributed by atoms with Gasteiger partial charge in [0, 0.05) is 31.7 Å². The third-order valence-electron chi connectivity index (χ3n) is 6.11. The predicted molar refractivity (Wildman–Crippen MR) is 129 cm³/mol. The van der Waals surface area contributed by atoms with Gasteiger partial charge in [0.15, 0.2) is 11.5 Å². The van der Waals surface area contributed by atoms with Crippen molar-refractivity contribution in [2.75, 3.05) is 29.9 Å². The Morgan fingerprint density at radius 3 is 2.84 bits per heavy atom. The van der Waals surface area contributed by atoms with E-state index >= 15 is 0 Å². The summed E-state index contributed by atoms with van der Waals surface area (Å²) in [7, 11) is 0. The topological polar surface area (TPSA) is 97.3 Å². The first-order valence-corrected chi connectivity index (χ1v) is 12.1. The molecule has 4 aromatic heterocycles. The van der Waals surface area contributed by atoms with Gasteiger partial charge >= 0.3 is 0 Å². The SMILES string of the molecule is CC1CCN(c2nccn3c(-c4ccnc(NC(CCN)c5ccsc5)n4)cnc23)CC1. The van der Waals surface area contributed by atoms with E-state index in [1.165, 1.54) is 18.4 Å². The Labute approximate surface area is 191 Å². The average molecular weight is 449 g/mol. The van der Waals surface area contributed by atoms with Crippen LogP contribution in [0.4, 0.5) is 11.8 Å². The Bertz CT molecular complexity index is 1160. The lowest BCUT2D eigenvalue weighted by Gasteiger charge is -2.31. The lowest BCUT2D eigenvalue weighted by Crippen LogP contribution is -2.33. The Balaban J connectivity index is 1.44. The summed E-state index contributed by atoms with van der Waals surface area (Å²) in [6.45, 7) is 4.94. The molecule has 1 atom stereocenters. The highest BCUT2D eigenvalue weighted by atomic mass is 32.1. The number of anilines is 2. The fourth-order valence-electron chi connectivity index (χ4n) is 4.23. The summed E-state index contributed by atoms with van der Waals surface area (Å²) in [5.41, 5.74) is 9.65. The van der Waals surface area contributed by atoms with Crippen molar-refractivity contribution < 1.29 is 0 Å². The molecule has 0 spiro atoms. The summed E-state index contributed by atoms with van der Waals surface area (Å²) >= 11 is 1.68. The summed E-state index contributed by atoms with van der Waals surface area (Å²) in [5.74, 6) is 2.30. The van der Waals surface area contributed by atoms with Gasteiger partial charge in [0.05, 0.1) is 23.6 Å². The van der Waals surface area contributed by atoms with Crippen LogP contribution < -0.4 is 16.0 Å². The van der Waals surface area contributed by atoms with Crippen molar-refractivity contribution in [3.63, 3.8) is 0 Å². The van der Waals surface area contributed by atoms with Crippen LogP contribution in [0, 0.1) is 5.92 Å². The molecule has 3 N–H and O–H groups in total. The van der Waals surface area contributed by atoms with Crippen LogP contribution in [-0.2, 0) is 0 Å². The number of thiophene rings is 1. The number of rotatable bonds is 7. The van der Waals surface area contributed by atoms with Crippen LogP contribution in [0.1, 0.15) is 37.8 Å². The van der Waals surface area contributed by atoms with Crippen molar-refractivity contribution in [2.24, 2.45) is 11.7 Å². The van der Waals surface area contributed by atoms with E-state index in [-0.39, 0.29) is 6.04 Å². The molecule has 0 aliphatic carbocycles. The van der Waals surface area contributed by atoms with E-state index < -0.39 is 0 Å². The van der Waals surface area contributed by atoms with Crippen LogP contribution in [0.15, 0.2) is 47.7 Å². The summed E-state index contributed by atoms with van der Waals surface area (Å²) < 4.78 is 2.07. The number of hydrogen-bond acceptors (Lipinski definition) is 8. The first-order chi connectivity index (χ1) is 15.7. The van der Waals surface area contributed by atoms with E-state index in [2.05, 4.69) is 48.3 Å². The van der Waals surface area contributed by atoms with Gasteiger partial charge in [-0.15, -0.1) is 0 Å². The maximum Gasteiger partial charge on any atom is 0.223 e. The molecule has 1 fully saturated rings. The second kappa shape index (κ2) is 9.22. The number of hydrogen-bond donors (Lipinski definition) is 2. The van der Waals surface area contributed by atoms with Crippen LogP contribution in [0.5, 0.6) is 0 Å². The van der Waals surface area contributed by atoms with Crippen molar-refractivity contribution in [2.45, 2.75) is 32.2 Å². The normalized spacial score (nSPS) is 15.9. The summed E-state index contributed by atoms with van der Waals surface area (Å²) in [6, 6.07) is 4.11. The van der Waals surface area contributed by atoms with E-state index in [0.29, 0.717) is 12.5 Å². The van der Waals surface area contributed by atoms with E-state index in [1.807, 2.05) is 24.7 Å². The molecular formula is C23H28N8S. The Morgan fingerprint density at radius 1 is 1.19 bits per heavy atom. The zero-order valence-electron chi connectivity index (χ0n) is 18.2. The zero-order valence-corrected chi connectivity index (χ0v) is 19.0. The third-order valence-corrected chi connectivity index (χ3v) is 6.82. The molecule has 1 saturated heterocycles. The number of nitrogens with zero attached hydrogens (tertiary/aromatic N) is 6. The first kappa shape index (κ1) is 20.8. The molecule has 1 aliphatic heterocycles. The number of nitrogens with two attached hydrogens (primary N) is 1. The highest BCUT2D eigenvalue weighted by Crippen LogP contribution is 2.28. The van der Waals surface area contributed by atoms with Crippen LogP contribution in [-0.4, -0.2) is 44.0 Å². The molecule has 1 unspecified atom stereocenters. The van der Waals surface area contributed by atoms with Gasteiger partial charge in [-0.05, 0) is 60.2 Å². The highest BCUT2D eigenvalue weighted by molar-refractivity contribution is 7.08. The maximum atomic E-state index is 5.84. The van der Waals surface area contributed by atoms with Gasteiger partial charge in [-0.25, -0.2) is 19.9 Å². The minimum atomic E-state index is 0.0842. The number of fused-ring (bicyclic) bond motifs is 1. The van der Waals surface area contributed by atoms with Gasteiger partial charge in [-0.1, -0.05) is 6.92 Å². The van der Waals surface area contributed by atoms with E-state index in [9.17, 15) is 0 Å². The first-order valence-electron chi connectivity index (χ1n) is 11.1. The Kier molecular flexibility index (Phi) is 6.00. The molecular weight excluding hydrogens is 420 g/mol. The van der Waals surface area contributed by atoms with Gasteiger partial charge in [-0.3, -0.25) is 4.40 Å². The lowest BCUT2D eigenvalue weighted by molar-refractivity contribution is 0.437. The summed E-state index contributed by atoms with van der Waals surface area (Å²) in [5, 5.41) is 7.66. The summed E-state index contributed by atoms with van der Waals surface area (Å²) in [6.07, 6.45) is 10.6. The average Bonchev–Trinajstić information content (AvgIpc) is 3.50. The fraction of sp³-hybridized carbons (Fsp3) is 0.391. The molecule has 5 rings (SSSR count). The molecule has 32 heavy (non-hydrogen) atoms. The molecule has 9 heteroatoms. The molecule has 5 heterocycles. The smallest absolute Gasteiger partial charge is 0.223 e. The van der Waals surface area contributed by atoms with E-state index in [4.69, 9.17) is 15.7 Å². The minimum Gasteiger partial charge on any atom is -0.354 e. The quantitative estimate of drug-likeness (QED) is 0.441. The summed E-state index contributed by atoms with van der Waals surface area (Å²) in [4.78, 5) is 21.0. The predicted octanol–water partition coefficient (Wildman–Crippen LogP) is 3.99. The van der Waals surface area contributed by atoms with Gasteiger partial charge in [0.25, 0.3) is 0 Å².